The number of piperidine rings is 1. The molecule has 0 radical (unpaired) electrons. The van der Waals surface area contributed by atoms with Gasteiger partial charge in [0.1, 0.15) is 0 Å². The lowest BCUT2D eigenvalue weighted by Crippen LogP contribution is -2.35. The van der Waals surface area contributed by atoms with Gasteiger partial charge in [-0.15, -0.1) is 24.0 Å². The van der Waals surface area contributed by atoms with Gasteiger partial charge in [0, 0.05) is 24.3 Å². The molecule has 3 rings (SSSR count). The lowest BCUT2D eigenvalue weighted by Gasteiger charge is -2.26. The van der Waals surface area contributed by atoms with Crippen molar-refractivity contribution in [1.82, 2.24) is 4.90 Å². The first-order valence-corrected chi connectivity index (χ1v) is 10.7. The molecule has 5 nitrogen and oxygen atoms in total. The number of anilines is 1. The monoisotopic (exact) mass is 520 g/mol. The fourth-order valence-electron chi connectivity index (χ4n) is 3.78. The number of hydrogen-bond donors (Lipinski definition) is 2. The van der Waals surface area contributed by atoms with Crippen LogP contribution in [-0.2, 0) is 19.4 Å². The van der Waals surface area contributed by atoms with E-state index >= 15 is 0 Å². The van der Waals surface area contributed by atoms with E-state index in [2.05, 4.69) is 42.4 Å². The Balaban J connectivity index is 0.00000320. The zero-order chi connectivity index (χ0) is 20.6. The summed E-state index contributed by atoms with van der Waals surface area (Å²) in [6.07, 6.45) is 5.31. The molecule has 0 unspecified atom stereocenters. The maximum absolute atomic E-state index is 12.6. The van der Waals surface area contributed by atoms with E-state index in [1.807, 2.05) is 29.2 Å². The molecule has 1 amide bonds. The minimum atomic E-state index is 0. The van der Waals surface area contributed by atoms with Gasteiger partial charge in [-0.05, 0) is 60.9 Å². The van der Waals surface area contributed by atoms with E-state index in [4.69, 9.17) is 5.73 Å². The van der Waals surface area contributed by atoms with Gasteiger partial charge in [-0.2, -0.15) is 0 Å². The van der Waals surface area contributed by atoms with Crippen LogP contribution in [0, 0.1) is 0 Å². The lowest BCUT2D eigenvalue weighted by molar-refractivity contribution is 0.0724. The third-order valence-electron chi connectivity index (χ3n) is 5.53. The van der Waals surface area contributed by atoms with Crippen molar-refractivity contribution in [3.05, 3.63) is 64.7 Å². The molecule has 1 fully saturated rings. The molecule has 2 aromatic carbocycles. The average Bonchev–Trinajstić information content (AvgIpc) is 2.78. The Bertz CT molecular complexity index is 836. The van der Waals surface area contributed by atoms with E-state index < -0.39 is 0 Å². The van der Waals surface area contributed by atoms with Crippen LogP contribution in [0.5, 0.6) is 0 Å². The van der Waals surface area contributed by atoms with E-state index in [1.54, 1.807) is 0 Å². The van der Waals surface area contributed by atoms with E-state index in [0.717, 1.165) is 55.6 Å². The first kappa shape index (κ1) is 24.2. The molecule has 30 heavy (non-hydrogen) atoms. The Kier molecular flexibility index (Phi) is 9.62. The van der Waals surface area contributed by atoms with Crippen LogP contribution >= 0.6 is 24.0 Å². The van der Waals surface area contributed by atoms with Crippen LogP contribution < -0.4 is 11.1 Å². The lowest BCUT2D eigenvalue weighted by atomic mass is 10.0. The van der Waals surface area contributed by atoms with Crippen LogP contribution in [0.1, 0.15) is 60.2 Å². The highest BCUT2D eigenvalue weighted by Gasteiger charge is 2.17. The van der Waals surface area contributed by atoms with E-state index in [9.17, 15) is 4.79 Å². The van der Waals surface area contributed by atoms with Crippen LogP contribution in [-0.4, -0.2) is 29.9 Å². The number of rotatable bonds is 6. The fraction of sp³-hybridized carbons (Fsp3) is 0.417. The number of aryl methyl sites for hydroxylation is 2. The minimum Gasteiger partial charge on any atom is -0.370 e. The van der Waals surface area contributed by atoms with Gasteiger partial charge < -0.3 is 16.0 Å². The second-order valence-corrected chi connectivity index (χ2v) is 7.53. The Morgan fingerprint density at radius 2 is 1.60 bits per heavy atom. The molecule has 3 N–H and O–H groups in total. The second-order valence-electron chi connectivity index (χ2n) is 7.53. The molecule has 1 saturated heterocycles. The zero-order valence-corrected chi connectivity index (χ0v) is 20.3. The largest absolute Gasteiger partial charge is 0.370 e. The van der Waals surface area contributed by atoms with E-state index in [-0.39, 0.29) is 29.9 Å². The van der Waals surface area contributed by atoms with Gasteiger partial charge in [-0.1, -0.05) is 44.2 Å². The molecular weight excluding hydrogens is 487 g/mol. The highest BCUT2D eigenvalue weighted by molar-refractivity contribution is 14.0. The van der Waals surface area contributed by atoms with Crippen molar-refractivity contribution < 1.29 is 4.79 Å². The number of nitrogens with two attached hydrogens (primary N) is 1. The summed E-state index contributed by atoms with van der Waals surface area (Å²) in [5.41, 5.74) is 11.5. The number of nitrogens with zero attached hydrogens (tertiary/aromatic N) is 2. The molecule has 0 bridgehead atoms. The van der Waals surface area contributed by atoms with Crippen molar-refractivity contribution in [2.75, 3.05) is 18.4 Å². The van der Waals surface area contributed by atoms with Crippen molar-refractivity contribution in [1.29, 1.82) is 0 Å². The Morgan fingerprint density at radius 3 is 2.17 bits per heavy atom. The van der Waals surface area contributed by atoms with Crippen LogP contribution in [0.4, 0.5) is 5.69 Å². The van der Waals surface area contributed by atoms with Gasteiger partial charge in [0.05, 0.1) is 6.54 Å². The normalized spacial score (nSPS) is 14.2. The third-order valence-corrected chi connectivity index (χ3v) is 5.53. The maximum Gasteiger partial charge on any atom is 0.253 e. The number of halogens is 1. The molecule has 2 aromatic rings. The van der Waals surface area contributed by atoms with Gasteiger partial charge in [-0.3, -0.25) is 4.79 Å². The Hall–Kier alpha value is -2.09. The summed E-state index contributed by atoms with van der Waals surface area (Å²) in [6, 6.07) is 14.0. The van der Waals surface area contributed by atoms with Crippen LogP contribution in [0.25, 0.3) is 0 Å². The highest BCUT2D eigenvalue weighted by Crippen LogP contribution is 2.22. The molecule has 0 aromatic heterocycles. The molecule has 0 atom stereocenters. The van der Waals surface area contributed by atoms with E-state index in [1.165, 1.54) is 17.5 Å². The molecule has 0 saturated carbocycles. The minimum absolute atomic E-state index is 0. The van der Waals surface area contributed by atoms with Crippen LogP contribution in [0.2, 0.25) is 0 Å². The summed E-state index contributed by atoms with van der Waals surface area (Å²) in [6.45, 7) is 6.49. The number of para-hydroxylation sites is 1. The molecule has 162 valence electrons. The number of hydrogen-bond acceptors (Lipinski definition) is 2. The summed E-state index contributed by atoms with van der Waals surface area (Å²) >= 11 is 0. The standard InChI is InChI=1S/C24H32N4O.HI/c1-3-19-9-8-10-20(4-2)22(19)27-24(25)26-17-18-11-13-21(14-12-18)23(29)28-15-6-5-7-16-28;/h8-14H,3-7,15-17H2,1-2H3,(H3,25,26,27);1H. The quantitative estimate of drug-likeness (QED) is 0.321. The Morgan fingerprint density at radius 1 is 1.00 bits per heavy atom. The summed E-state index contributed by atoms with van der Waals surface area (Å²) in [5, 5.41) is 3.29. The average molecular weight is 520 g/mol. The number of benzene rings is 2. The highest BCUT2D eigenvalue weighted by atomic mass is 127. The van der Waals surface area contributed by atoms with Crippen molar-refractivity contribution in [3.63, 3.8) is 0 Å². The van der Waals surface area contributed by atoms with Crippen molar-refractivity contribution in [3.8, 4) is 0 Å². The van der Waals surface area contributed by atoms with Crippen molar-refractivity contribution in [2.45, 2.75) is 52.5 Å². The van der Waals surface area contributed by atoms with Gasteiger partial charge >= 0.3 is 0 Å². The van der Waals surface area contributed by atoms with E-state index in [0.29, 0.717) is 12.5 Å². The molecule has 1 heterocycles. The third kappa shape index (κ3) is 6.20. The molecule has 6 heteroatoms. The summed E-state index contributed by atoms with van der Waals surface area (Å²) in [4.78, 5) is 19.0. The molecular formula is C24H33IN4O. The number of amides is 1. The van der Waals surface area contributed by atoms with Crippen molar-refractivity contribution in [2.24, 2.45) is 10.7 Å². The maximum atomic E-state index is 12.6. The smallest absolute Gasteiger partial charge is 0.253 e. The zero-order valence-electron chi connectivity index (χ0n) is 18.0. The second kappa shape index (κ2) is 11.9. The first-order valence-electron chi connectivity index (χ1n) is 10.7. The summed E-state index contributed by atoms with van der Waals surface area (Å²) < 4.78 is 0. The molecule has 1 aliphatic heterocycles. The van der Waals surface area contributed by atoms with Crippen LogP contribution in [0.15, 0.2) is 47.5 Å². The molecule has 0 aliphatic carbocycles. The fourth-order valence-corrected chi connectivity index (χ4v) is 3.78. The predicted molar refractivity (Wildman–Crippen MR) is 136 cm³/mol. The molecule has 0 spiro atoms. The number of carbonyl (C=O) groups is 1. The predicted octanol–water partition coefficient (Wildman–Crippen LogP) is 4.98. The van der Waals surface area contributed by atoms with Gasteiger partial charge in [0.2, 0.25) is 0 Å². The topological polar surface area (TPSA) is 70.7 Å². The number of aliphatic imine (C=N–C) groups is 1. The Labute approximate surface area is 197 Å². The number of guanidine groups is 1. The number of carbonyl (C=O) groups excluding carboxylic acids is 1. The van der Waals surface area contributed by atoms with Crippen molar-refractivity contribution >= 4 is 41.5 Å². The van der Waals surface area contributed by atoms with Crippen LogP contribution in [0.3, 0.4) is 0 Å². The van der Waals surface area contributed by atoms with Gasteiger partial charge in [0.15, 0.2) is 5.96 Å². The number of likely N-dealkylation sites (tertiary alicyclic amines) is 1. The SMILES string of the molecule is CCc1cccc(CC)c1NC(N)=NCc1ccc(C(=O)N2CCCCC2)cc1.I. The van der Waals surface area contributed by atoms with Gasteiger partial charge in [0.25, 0.3) is 5.91 Å². The summed E-state index contributed by atoms with van der Waals surface area (Å²) in [7, 11) is 0. The molecule has 1 aliphatic rings. The summed E-state index contributed by atoms with van der Waals surface area (Å²) in [5.74, 6) is 0.540. The van der Waals surface area contributed by atoms with Gasteiger partial charge in [-0.25, -0.2) is 4.99 Å². The number of nitrogens with one attached hydrogen (secondary N) is 1. The first-order chi connectivity index (χ1) is 14.1.